The van der Waals surface area contributed by atoms with Gasteiger partial charge in [-0.1, -0.05) is 31.5 Å². The molecule has 0 bridgehead atoms. The number of aryl methyl sites for hydroxylation is 2. The van der Waals surface area contributed by atoms with Gasteiger partial charge in [0.05, 0.1) is 11.3 Å². The van der Waals surface area contributed by atoms with E-state index in [0.717, 1.165) is 42.1 Å². The van der Waals surface area contributed by atoms with Gasteiger partial charge < -0.3 is 10.6 Å². The van der Waals surface area contributed by atoms with E-state index in [4.69, 9.17) is 11.1 Å². The van der Waals surface area contributed by atoms with Crippen molar-refractivity contribution >= 4 is 17.3 Å². The Balaban J connectivity index is 2.54. The molecule has 21 heavy (non-hydrogen) atoms. The third-order valence-electron chi connectivity index (χ3n) is 3.52. The van der Waals surface area contributed by atoms with Gasteiger partial charge in [0.15, 0.2) is 0 Å². The lowest BCUT2D eigenvalue weighted by Gasteiger charge is -2.26. The second-order valence-electron chi connectivity index (χ2n) is 5.16. The summed E-state index contributed by atoms with van der Waals surface area (Å²) in [7, 11) is 1.90. The first-order chi connectivity index (χ1) is 10.1. The lowest BCUT2D eigenvalue weighted by Crippen LogP contribution is -2.24. The summed E-state index contributed by atoms with van der Waals surface area (Å²) in [6.07, 6.45) is 2.17. The van der Waals surface area contributed by atoms with Crippen molar-refractivity contribution in [1.29, 1.82) is 5.41 Å². The Kier molecular flexibility index (Phi) is 4.62. The molecule has 0 saturated heterocycles. The molecule has 0 saturated carbocycles. The summed E-state index contributed by atoms with van der Waals surface area (Å²) in [5.74, 6) is 0.952. The number of anilines is 2. The summed E-state index contributed by atoms with van der Waals surface area (Å²) in [6, 6.07) is 10.2. The number of amidine groups is 1. The van der Waals surface area contributed by atoms with E-state index in [1.165, 1.54) is 0 Å². The maximum atomic E-state index is 7.86. The number of aromatic nitrogens is 2. The molecule has 5 heteroatoms. The molecule has 0 spiro atoms. The van der Waals surface area contributed by atoms with Gasteiger partial charge in [-0.05, 0) is 25.5 Å². The SMILES string of the molecule is CCCCN(c1ccccc1)c1c(C(=N)N)c(C)nn1C. The monoisotopic (exact) mass is 285 g/mol. The minimum absolute atomic E-state index is 0.0630. The van der Waals surface area contributed by atoms with Gasteiger partial charge in [0, 0.05) is 19.3 Å². The van der Waals surface area contributed by atoms with Crippen LogP contribution < -0.4 is 10.6 Å². The van der Waals surface area contributed by atoms with Crippen LogP contribution in [0.3, 0.4) is 0 Å². The van der Waals surface area contributed by atoms with Gasteiger partial charge >= 0.3 is 0 Å². The number of benzene rings is 1. The summed E-state index contributed by atoms with van der Waals surface area (Å²) in [5.41, 5.74) is 8.38. The van der Waals surface area contributed by atoms with Gasteiger partial charge in [0.2, 0.25) is 0 Å². The molecule has 0 radical (unpaired) electrons. The molecule has 0 unspecified atom stereocenters. The lowest BCUT2D eigenvalue weighted by atomic mass is 10.1. The molecule has 1 heterocycles. The zero-order chi connectivity index (χ0) is 15.4. The van der Waals surface area contributed by atoms with Gasteiger partial charge in [-0.3, -0.25) is 10.1 Å². The summed E-state index contributed by atoms with van der Waals surface area (Å²) in [5, 5.41) is 12.3. The molecule has 0 atom stereocenters. The summed E-state index contributed by atoms with van der Waals surface area (Å²) in [6.45, 7) is 4.94. The number of nitrogen functional groups attached to an aromatic ring is 1. The van der Waals surface area contributed by atoms with Crippen molar-refractivity contribution in [2.75, 3.05) is 11.4 Å². The van der Waals surface area contributed by atoms with Crippen LogP contribution in [0.5, 0.6) is 0 Å². The molecule has 0 aliphatic carbocycles. The van der Waals surface area contributed by atoms with E-state index in [9.17, 15) is 0 Å². The van der Waals surface area contributed by atoms with Gasteiger partial charge in [-0.15, -0.1) is 0 Å². The van der Waals surface area contributed by atoms with E-state index >= 15 is 0 Å². The minimum atomic E-state index is 0.0630. The zero-order valence-corrected chi connectivity index (χ0v) is 12.9. The number of rotatable bonds is 6. The van der Waals surface area contributed by atoms with Crippen LogP contribution in [0, 0.1) is 12.3 Å². The standard InChI is InChI=1S/C16H23N5/c1-4-5-11-21(13-9-7-6-8-10-13)16-14(15(17)18)12(2)19-20(16)3/h6-10H,4-5,11H2,1-3H3,(H3,17,18). The average molecular weight is 285 g/mol. The van der Waals surface area contributed by atoms with E-state index in [0.29, 0.717) is 0 Å². The number of nitrogens with zero attached hydrogens (tertiary/aromatic N) is 3. The van der Waals surface area contributed by atoms with Crippen molar-refractivity contribution < 1.29 is 0 Å². The third-order valence-corrected chi connectivity index (χ3v) is 3.52. The van der Waals surface area contributed by atoms with Crippen LogP contribution in [-0.4, -0.2) is 22.2 Å². The molecular formula is C16H23N5. The maximum Gasteiger partial charge on any atom is 0.142 e. The van der Waals surface area contributed by atoms with Crippen LogP contribution in [0.2, 0.25) is 0 Å². The largest absolute Gasteiger partial charge is 0.384 e. The van der Waals surface area contributed by atoms with E-state index < -0.39 is 0 Å². The molecule has 1 aromatic heterocycles. The highest BCUT2D eigenvalue weighted by Crippen LogP contribution is 2.30. The Hall–Kier alpha value is -2.30. The smallest absolute Gasteiger partial charge is 0.142 e. The molecule has 0 aliphatic heterocycles. The molecule has 112 valence electrons. The minimum Gasteiger partial charge on any atom is -0.384 e. The summed E-state index contributed by atoms with van der Waals surface area (Å²) < 4.78 is 1.81. The molecule has 0 amide bonds. The van der Waals surface area contributed by atoms with E-state index in [2.05, 4.69) is 29.1 Å². The van der Waals surface area contributed by atoms with Crippen LogP contribution >= 0.6 is 0 Å². The highest BCUT2D eigenvalue weighted by atomic mass is 15.4. The Morgan fingerprint density at radius 2 is 2.00 bits per heavy atom. The van der Waals surface area contributed by atoms with Gasteiger partial charge in [0.25, 0.3) is 0 Å². The fourth-order valence-corrected chi connectivity index (χ4v) is 2.55. The maximum absolute atomic E-state index is 7.86. The number of para-hydroxylation sites is 1. The van der Waals surface area contributed by atoms with Crippen LogP contribution in [0.1, 0.15) is 31.0 Å². The number of hydrogen-bond acceptors (Lipinski definition) is 3. The molecule has 1 aromatic carbocycles. The molecular weight excluding hydrogens is 262 g/mol. The van der Waals surface area contributed by atoms with Crippen molar-refractivity contribution in [3.05, 3.63) is 41.6 Å². The lowest BCUT2D eigenvalue weighted by molar-refractivity contribution is 0.716. The van der Waals surface area contributed by atoms with Crippen molar-refractivity contribution in [1.82, 2.24) is 9.78 Å². The summed E-state index contributed by atoms with van der Waals surface area (Å²) >= 11 is 0. The molecule has 2 aromatic rings. The van der Waals surface area contributed by atoms with Crippen LogP contribution in [0.25, 0.3) is 0 Å². The Morgan fingerprint density at radius 3 is 2.57 bits per heavy atom. The number of nitrogens with one attached hydrogen (secondary N) is 1. The molecule has 3 N–H and O–H groups in total. The quantitative estimate of drug-likeness (QED) is 0.633. The number of unbranched alkanes of at least 4 members (excludes halogenated alkanes) is 1. The molecule has 0 fully saturated rings. The molecule has 0 aliphatic rings. The normalized spacial score (nSPS) is 10.6. The summed E-state index contributed by atoms with van der Waals surface area (Å²) in [4.78, 5) is 2.19. The molecule has 2 rings (SSSR count). The first-order valence-corrected chi connectivity index (χ1v) is 7.26. The Morgan fingerprint density at radius 1 is 1.33 bits per heavy atom. The predicted octanol–water partition coefficient (Wildman–Crippen LogP) is 2.95. The van der Waals surface area contributed by atoms with Gasteiger partial charge in [0.1, 0.15) is 11.7 Å². The number of hydrogen-bond donors (Lipinski definition) is 2. The van der Waals surface area contributed by atoms with E-state index in [1.54, 1.807) is 0 Å². The fourth-order valence-electron chi connectivity index (χ4n) is 2.55. The van der Waals surface area contributed by atoms with Crippen LogP contribution in [0.15, 0.2) is 30.3 Å². The molecule has 5 nitrogen and oxygen atoms in total. The van der Waals surface area contributed by atoms with E-state index in [1.807, 2.05) is 36.9 Å². The van der Waals surface area contributed by atoms with E-state index in [-0.39, 0.29) is 5.84 Å². The van der Waals surface area contributed by atoms with Crippen molar-refractivity contribution in [2.45, 2.75) is 26.7 Å². The average Bonchev–Trinajstić information content (AvgIpc) is 2.75. The fraction of sp³-hybridized carbons (Fsp3) is 0.375. The van der Waals surface area contributed by atoms with Crippen LogP contribution in [0.4, 0.5) is 11.5 Å². The number of nitrogens with two attached hydrogens (primary N) is 1. The second-order valence-corrected chi connectivity index (χ2v) is 5.16. The first-order valence-electron chi connectivity index (χ1n) is 7.26. The zero-order valence-electron chi connectivity index (χ0n) is 12.9. The Labute approximate surface area is 125 Å². The van der Waals surface area contributed by atoms with Gasteiger partial charge in [-0.25, -0.2) is 0 Å². The first kappa shape index (κ1) is 15.1. The van der Waals surface area contributed by atoms with Crippen molar-refractivity contribution in [3.8, 4) is 0 Å². The Bertz CT molecular complexity index is 615. The highest BCUT2D eigenvalue weighted by Gasteiger charge is 2.22. The topological polar surface area (TPSA) is 70.9 Å². The van der Waals surface area contributed by atoms with Crippen molar-refractivity contribution in [3.63, 3.8) is 0 Å². The predicted molar refractivity (Wildman–Crippen MR) is 87.3 cm³/mol. The third kappa shape index (κ3) is 3.07. The van der Waals surface area contributed by atoms with Crippen LogP contribution in [-0.2, 0) is 7.05 Å². The highest BCUT2D eigenvalue weighted by molar-refractivity contribution is 6.01. The van der Waals surface area contributed by atoms with Gasteiger partial charge in [-0.2, -0.15) is 5.10 Å². The second kappa shape index (κ2) is 6.43. The van der Waals surface area contributed by atoms with Crippen molar-refractivity contribution in [2.24, 2.45) is 12.8 Å².